The van der Waals surface area contributed by atoms with E-state index in [-0.39, 0.29) is 10.8 Å². The molecule has 0 spiro atoms. The minimum atomic E-state index is -3.35. The van der Waals surface area contributed by atoms with E-state index in [1.807, 2.05) is 6.92 Å². The molecule has 1 unspecified atom stereocenters. The normalized spacial score (nSPS) is 25.2. The van der Waals surface area contributed by atoms with Gasteiger partial charge in [-0.15, -0.1) is 0 Å². The number of nitrogens with one attached hydrogen (secondary N) is 1. The number of sulfonamides is 1. The minimum absolute atomic E-state index is 0.113. The largest absolute Gasteiger partial charge is 0.243 e. The van der Waals surface area contributed by atoms with Crippen molar-refractivity contribution in [3.05, 3.63) is 18.2 Å². The lowest BCUT2D eigenvalue weighted by molar-refractivity contribution is 0.552. The molecule has 1 N–H and O–H groups in total. The Morgan fingerprint density at radius 1 is 1.62 bits per heavy atom. The van der Waals surface area contributed by atoms with Gasteiger partial charge < -0.3 is 0 Å². The van der Waals surface area contributed by atoms with Gasteiger partial charge in [-0.25, -0.2) is 23.1 Å². The van der Waals surface area contributed by atoms with Crippen LogP contribution in [0.3, 0.4) is 0 Å². The maximum Gasteiger partial charge on any atom is 0.243 e. The fourth-order valence-corrected chi connectivity index (χ4v) is 2.67. The van der Waals surface area contributed by atoms with Crippen LogP contribution in [0, 0.1) is 0 Å². The Balaban J connectivity index is 2.68. The molecule has 1 aliphatic rings. The van der Waals surface area contributed by atoms with Crippen LogP contribution in [-0.4, -0.2) is 24.9 Å². The highest BCUT2D eigenvalue weighted by atomic mass is 32.2. The molecule has 0 saturated carbocycles. The highest BCUT2D eigenvalue weighted by molar-refractivity contribution is 7.89. The van der Waals surface area contributed by atoms with Crippen molar-refractivity contribution in [2.45, 2.75) is 17.7 Å². The standard InChI is InChI=1S/C7H9N3O2S/c1-5-2-10-13(11,12)6-3-8-4-9-7(5)6/h3-5,10H,2H2,1H3. The van der Waals surface area contributed by atoms with Crippen LogP contribution in [0.1, 0.15) is 18.5 Å². The monoisotopic (exact) mass is 199 g/mol. The maximum atomic E-state index is 11.4. The van der Waals surface area contributed by atoms with E-state index in [1.165, 1.54) is 12.5 Å². The summed E-state index contributed by atoms with van der Waals surface area (Å²) < 4.78 is 25.3. The van der Waals surface area contributed by atoms with E-state index in [0.29, 0.717) is 12.2 Å². The van der Waals surface area contributed by atoms with Crippen LogP contribution in [-0.2, 0) is 10.0 Å². The van der Waals surface area contributed by atoms with Crippen molar-refractivity contribution >= 4 is 10.0 Å². The first-order valence-corrected chi connectivity index (χ1v) is 5.39. The fourth-order valence-electron chi connectivity index (χ4n) is 1.31. The van der Waals surface area contributed by atoms with E-state index < -0.39 is 10.0 Å². The third-order valence-corrected chi connectivity index (χ3v) is 3.48. The molecule has 70 valence electrons. The van der Waals surface area contributed by atoms with Gasteiger partial charge in [0.15, 0.2) is 0 Å². The smallest absolute Gasteiger partial charge is 0.243 e. The topological polar surface area (TPSA) is 72.0 Å². The number of hydrogen-bond donors (Lipinski definition) is 1. The molecule has 1 aromatic heterocycles. The summed E-state index contributed by atoms with van der Waals surface area (Å²) in [6.07, 6.45) is 2.70. The zero-order valence-electron chi connectivity index (χ0n) is 7.06. The summed E-state index contributed by atoms with van der Waals surface area (Å²) in [5, 5.41) is 0. The van der Waals surface area contributed by atoms with Crippen molar-refractivity contribution in [1.82, 2.24) is 14.7 Å². The molecule has 6 heteroatoms. The first-order valence-electron chi connectivity index (χ1n) is 3.91. The van der Waals surface area contributed by atoms with E-state index in [0.717, 1.165) is 0 Å². The minimum Gasteiger partial charge on any atom is -0.243 e. The lowest BCUT2D eigenvalue weighted by atomic mass is 10.1. The second kappa shape index (κ2) is 2.74. The van der Waals surface area contributed by atoms with E-state index in [1.54, 1.807) is 0 Å². The van der Waals surface area contributed by atoms with Crippen LogP contribution in [0.4, 0.5) is 0 Å². The Morgan fingerprint density at radius 2 is 2.38 bits per heavy atom. The molecule has 0 amide bonds. The van der Waals surface area contributed by atoms with Gasteiger partial charge in [0.2, 0.25) is 10.0 Å². The molecule has 13 heavy (non-hydrogen) atoms. The predicted molar refractivity (Wildman–Crippen MR) is 45.6 cm³/mol. The van der Waals surface area contributed by atoms with Crippen molar-refractivity contribution in [2.24, 2.45) is 0 Å². The van der Waals surface area contributed by atoms with E-state index >= 15 is 0 Å². The van der Waals surface area contributed by atoms with E-state index in [2.05, 4.69) is 14.7 Å². The average Bonchev–Trinajstić information content (AvgIpc) is 2.13. The van der Waals surface area contributed by atoms with Crippen LogP contribution in [0.15, 0.2) is 17.4 Å². The van der Waals surface area contributed by atoms with Crippen LogP contribution < -0.4 is 4.72 Å². The van der Waals surface area contributed by atoms with Crippen LogP contribution in [0.25, 0.3) is 0 Å². The van der Waals surface area contributed by atoms with Gasteiger partial charge in [0.05, 0.1) is 11.9 Å². The summed E-state index contributed by atoms with van der Waals surface area (Å²) in [5.74, 6) is 0.113. The molecule has 1 aliphatic heterocycles. The summed E-state index contributed by atoms with van der Waals surface area (Å²) >= 11 is 0. The van der Waals surface area contributed by atoms with Gasteiger partial charge in [0, 0.05) is 12.5 Å². The molecule has 5 nitrogen and oxygen atoms in total. The third-order valence-electron chi connectivity index (χ3n) is 2.04. The summed E-state index contributed by atoms with van der Waals surface area (Å²) in [6, 6.07) is 0. The lowest BCUT2D eigenvalue weighted by Gasteiger charge is -2.20. The summed E-state index contributed by atoms with van der Waals surface area (Å²) in [4.78, 5) is 7.87. The van der Waals surface area contributed by atoms with Gasteiger partial charge in [-0.2, -0.15) is 0 Å². The van der Waals surface area contributed by atoms with Crippen molar-refractivity contribution < 1.29 is 8.42 Å². The quantitative estimate of drug-likeness (QED) is 0.632. The van der Waals surface area contributed by atoms with Crippen molar-refractivity contribution in [1.29, 1.82) is 0 Å². The summed E-state index contributed by atoms with van der Waals surface area (Å²) in [7, 11) is -3.35. The van der Waals surface area contributed by atoms with Crippen LogP contribution in [0.5, 0.6) is 0 Å². The zero-order valence-corrected chi connectivity index (χ0v) is 7.87. The zero-order chi connectivity index (χ0) is 9.47. The fraction of sp³-hybridized carbons (Fsp3) is 0.429. The predicted octanol–water partition coefficient (Wildman–Crippen LogP) is -0.128. The summed E-state index contributed by atoms with van der Waals surface area (Å²) in [5.41, 5.74) is 0.605. The Kier molecular flexibility index (Phi) is 1.81. The SMILES string of the molecule is CC1CNS(=O)(=O)c2cncnc21. The molecule has 0 aliphatic carbocycles. The molecule has 2 heterocycles. The Morgan fingerprint density at radius 3 is 3.08 bits per heavy atom. The van der Waals surface area contributed by atoms with Crippen LogP contribution >= 0.6 is 0 Å². The highest BCUT2D eigenvalue weighted by Crippen LogP contribution is 2.24. The number of nitrogens with zero attached hydrogens (tertiary/aromatic N) is 2. The van der Waals surface area contributed by atoms with Gasteiger partial charge in [-0.05, 0) is 0 Å². The Labute approximate surface area is 76.3 Å². The average molecular weight is 199 g/mol. The lowest BCUT2D eigenvalue weighted by Crippen LogP contribution is -2.34. The van der Waals surface area contributed by atoms with Crippen molar-refractivity contribution in [3.8, 4) is 0 Å². The Bertz CT molecular complexity index is 429. The second-order valence-corrected chi connectivity index (χ2v) is 4.76. The molecule has 1 aromatic rings. The highest BCUT2D eigenvalue weighted by Gasteiger charge is 2.28. The summed E-state index contributed by atoms with van der Waals surface area (Å²) in [6.45, 7) is 2.33. The number of fused-ring (bicyclic) bond motifs is 1. The molecule has 0 saturated heterocycles. The number of hydrogen-bond acceptors (Lipinski definition) is 4. The van der Waals surface area contributed by atoms with Gasteiger partial charge in [0.1, 0.15) is 11.2 Å². The van der Waals surface area contributed by atoms with Gasteiger partial charge >= 0.3 is 0 Å². The third kappa shape index (κ3) is 1.31. The van der Waals surface area contributed by atoms with Gasteiger partial charge in [-0.3, -0.25) is 0 Å². The number of aromatic nitrogens is 2. The second-order valence-electron chi connectivity index (χ2n) is 3.03. The molecule has 0 bridgehead atoms. The van der Waals surface area contributed by atoms with Crippen LogP contribution in [0.2, 0.25) is 0 Å². The van der Waals surface area contributed by atoms with Crippen molar-refractivity contribution in [2.75, 3.05) is 6.54 Å². The Hall–Kier alpha value is -1.01. The van der Waals surface area contributed by atoms with E-state index in [4.69, 9.17) is 0 Å². The number of rotatable bonds is 0. The molecular formula is C7H9N3O2S. The molecule has 0 aromatic carbocycles. The molecular weight excluding hydrogens is 190 g/mol. The van der Waals surface area contributed by atoms with E-state index in [9.17, 15) is 8.42 Å². The van der Waals surface area contributed by atoms with Gasteiger partial charge in [0.25, 0.3) is 0 Å². The maximum absolute atomic E-state index is 11.4. The van der Waals surface area contributed by atoms with Crippen molar-refractivity contribution in [3.63, 3.8) is 0 Å². The van der Waals surface area contributed by atoms with Gasteiger partial charge in [-0.1, -0.05) is 6.92 Å². The molecule has 1 atom stereocenters. The first-order chi connectivity index (χ1) is 6.11. The molecule has 2 rings (SSSR count). The molecule has 0 fully saturated rings. The molecule has 0 radical (unpaired) electrons. The first kappa shape index (κ1) is 8.58.